The van der Waals surface area contributed by atoms with Gasteiger partial charge in [-0.05, 0) is 6.07 Å². The summed E-state index contributed by atoms with van der Waals surface area (Å²) in [5, 5.41) is 0. The second-order valence-electron chi connectivity index (χ2n) is 3.32. The van der Waals surface area contributed by atoms with Gasteiger partial charge in [0, 0.05) is 12.1 Å². The summed E-state index contributed by atoms with van der Waals surface area (Å²) in [5.74, 6) is 0. The molecule has 0 bridgehead atoms. The first-order chi connectivity index (χ1) is 6.81. The predicted octanol–water partition coefficient (Wildman–Crippen LogP) is 0.760. The van der Waals surface area contributed by atoms with Crippen molar-refractivity contribution in [1.29, 1.82) is 0 Å². The summed E-state index contributed by atoms with van der Waals surface area (Å²) in [6.45, 7) is 0.568. The highest BCUT2D eigenvalue weighted by Crippen LogP contribution is 2.12. The van der Waals surface area contributed by atoms with E-state index in [0.717, 1.165) is 11.3 Å². The molecule has 0 unspecified atom stereocenters. The first kappa shape index (κ1) is 8.97. The number of nitrogens with zero attached hydrogens (tertiary/aromatic N) is 2. The van der Waals surface area contributed by atoms with Gasteiger partial charge in [-0.1, -0.05) is 18.2 Å². The highest BCUT2D eigenvalue weighted by atomic mass is 15.1. The van der Waals surface area contributed by atoms with Crippen molar-refractivity contribution in [3.63, 3.8) is 0 Å². The van der Waals surface area contributed by atoms with Crippen LogP contribution in [0.5, 0.6) is 0 Å². The van der Waals surface area contributed by atoms with Crippen LogP contribution in [0.25, 0.3) is 5.69 Å². The first-order valence-corrected chi connectivity index (χ1v) is 4.63. The van der Waals surface area contributed by atoms with Crippen molar-refractivity contribution in [3.8, 4) is 5.69 Å². The zero-order valence-corrected chi connectivity index (χ0v) is 8.22. The minimum absolute atomic E-state index is 0.568. The summed E-state index contributed by atoms with van der Waals surface area (Å²) < 4.78 is 4.08. The smallest absolute Gasteiger partial charge is 0.248 e. The van der Waals surface area contributed by atoms with Crippen molar-refractivity contribution < 1.29 is 4.57 Å². The Morgan fingerprint density at radius 1 is 1.36 bits per heavy atom. The van der Waals surface area contributed by atoms with Crippen LogP contribution >= 0.6 is 0 Å². The van der Waals surface area contributed by atoms with Gasteiger partial charge in [0.1, 0.15) is 18.1 Å². The van der Waals surface area contributed by atoms with Crippen molar-refractivity contribution in [1.82, 2.24) is 4.57 Å². The van der Waals surface area contributed by atoms with E-state index in [9.17, 15) is 0 Å². The molecule has 1 heterocycles. The van der Waals surface area contributed by atoms with Gasteiger partial charge < -0.3 is 5.73 Å². The topological polar surface area (TPSA) is 34.8 Å². The lowest BCUT2D eigenvalue weighted by atomic mass is 10.2. The van der Waals surface area contributed by atoms with Crippen molar-refractivity contribution in [2.24, 2.45) is 12.8 Å². The fourth-order valence-electron chi connectivity index (χ4n) is 1.53. The molecule has 0 aliphatic carbocycles. The second kappa shape index (κ2) is 3.64. The van der Waals surface area contributed by atoms with E-state index in [0.29, 0.717) is 6.54 Å². The molecule has 0 aliphatic heterocycles. The van der Waals surface area contributed by atoms with E-state index in [1.165, 1.54) is 0 Å². The van der Waals surface area contributed by atoms with Crippen molar-refractivity contribution in [2.45, 2.75) is 6.54 Å². The number of nitrogens with two attached hydrogens (primary N) is 1. The van der Waals surface area contributed by atoms with Crippen LogP contribution in [0.4, 0.5) is 0 Å². The fourth-order valence-corrected chi connectivity index (χ4v) is 1.53. The predicted molar refractivity (Wildman–Crippen MR) is 54.8 cm³/mol. The molecule has 72 valence electrons. The van der Waals surface area contributed by atoms with E-state index < -0.39 is 0 Å². The molecule has 0 aliphatic rings. The highest BCUT2D eigenvalue weighted by molar-refractivity contribution is 5.40. The maximum absolute atomic E-state index is 5.67. The summed E-state index contributed by atoms with van der Waals surface area (Å²) in [7, 11) is 2.00. The third-order valence-corrected chi connectivity index (χ3v) is 2.26. The molecule has 14 heavy (non-hydrogen) atoms. The van der Waals surface area contributed by atoms with Gasteiger partial charge in [0.25, 0.3) is 0 Å². The Balaban J connectivity index is 2.50. The molecule has 0 radical (unpaired) electrons. The number of para-hydroxylation sites is 1. The van der Waals surface area contributed by atoms with Crippen molar-refractivity contribution >= 4 is 0 Å². The van der Waals surface area contributed by atoms with Crippen molar-refractivity contribution in [3.05, 3.63) is 48.5 Å². The zero-order chi connectivity index (χ0) is 9.97. The second-order valence-corrected chi connectivity index (χ2v) is 3.32. The van der Waals surface area contributed by atoms with E-state index in [-0.39, 0.29) is 0 Å². The molecular weight excluding hydrogens is 174 g/mol. The van der Waals surface area contributed by atoms with Crippen LogP contribution in [-0.4, -0.2) is 4.57 Å². The van der Waals surface area contributed by atoms with Gasteiger partial charge in [-0.15, -0.1) is 0 Å². The SMILES string of the molecule is C[n+]1ccn(-c2ccccc2CN)c1. The number of imidazole rings is 1. The van der Waals surface area contributed by atoms with E-state index in [4.69, 9.17) is 5.73 Å². The molecule has 0 saturated heterocycles. The molecule has 0 fully saturated rings. The summed E-state index contributed by atoms with van der Waals surface area (Å²) in [6.07, 6.45) is 6.05. The van der Waals surface area contributed by atoms with Gasteiger partial charge in [0.15, 0.2) is 0 Å². The van der Waals surface area contributed by atoms with Crippen LogP contribution in [-0.2, 0) is 13.6 Å². The zero-order valence-electron chi connectivity index (χ0n) is 8.22. The maximum atomic E-state index is 5.67. The Kier molecular flexibility index (Phi) is 2.33. The quantitative estimate of drug-likeness (QED) is 0.694. The van der Waals surface area contributed by atoms with Crippen LogP contribution in [0.15, 0.2) is 43.0 Å². The van der Waals surface area contributed by atoms with Crippen LogP contribution in [0.3, 0.4) is 0 Å². The minimum Gasteiger partial charge on any atom is -0.326 e. The molecule has 3 heteroatoms. The molecule has 2 rings (SSSR count). The number of aromatic nitrogens is 2. The largest absolute Gasteiger partial charge is 0.326 e. The van der Waals surface area contributed by atoms with E-state index in [1.807, 2.05) is 42.5 Å². The Bertz CT molecular complexity index is 432. The van der Waals surface area contributed by atoms with Crippen LogP contribution in [0.1, 0.15) is 5.56 Å². The maximum Gasteiger partial charge on any atom is 0.248 e. The molecule has 0 saturated carbocycles. The molecule has 0 amide bonds. The molecule has 2 aromatic rings. The Hall–Kier alpha value is -1.61. The van der Waals surface area contributed by atoms with E-state index in [1.54, 1.807) is 0 Å². The third kappa shape index (κ3) is 1.54. The normalized spacial score (nSPS) is 10.4. The van der Waals surface area contributed by atoms with Gasteiger partial charge in [-0.25, -0.2) is 9.13 Å². The standard InChI is InChI=1S/C11H14N3/c1-13-6-7-14(9-13)11-5-3-2-4-10(11)8-12/h2-7,9H,8,12H2,1H3/q+1. The van der Waals surface area contributed by atoms with Crippen LogP contribution < -0.4 is 10.3 Å². The molecule has 3 nitrogen and oxygen atoms in total. The van der Waals surface area contributed by atoms with Gasteiger partial charge >= 0.3 is 0 Å². The van der Waals surface area contributed by atoms with Gasteiger partial charge in [0.05, 0.1) is 7.05 Å². The first-order valence-electron chi connectivity index (χ1n) is 4.63. The van der Waals surface area contributed by atoms with E-state index >= 15 is 0 Å². The van der Waals surface area contributed by atoms with E-state index in [2.05, 4.69) is 16.7 Å². The number of aryl methyl sites for hydroxylation is 1. The Labute approximate surface area is 83.4 Å². The summed E-state index contributed by atoms with van der Waals surface area (Å²) in [6, 6.07) is 8.15. The highest BCUT2D eigenvalue weighted by Gasteiger charge is 2.07. The summed E-state index contributed by atoms with van der Waals surface area (Å²) >= 11 is 0. The molecular formula is C11H14N3+. The molecule has 0 atom stereocenters. The van der Waals surface area contributed by atoms with Gasteiger partial charge in [-0.3, -0.25) is 0 Å². The Morgan fingerprint density at radius 3 is 2.79 bits per heavy atom. The lowest BCUT2D eigenvalue weighted by Crippen LogP contribution is -2.23. The van der Waals surface area contributed by atoms with Crippen molar-refractivity contribution in [2.75, 3.05) is 0 Å². The average molecular weight is 188 g/mol. The Morgan fingerprint density at radius 2 is 2.14 bits per heavy atom. The minimum atomic E-state index is 0.568. The number of rotatable bonds is 2. The number of benzene rings is 1. The average Bonchev–Trinajstić information content (AvgIpc) is 2.65. The summed E-state index contributed by atoms with van der Waals surface area (Å²) in [4.78, 5) is 0. The molecule has 1 aromatic carbocycles. The fraction of sp³-hybridized carbons (Fsp3) is 0.182. The molecule has 1 aromatic heterocycles. The number of hydrogen-bond donors (Lipinski definition) is 1. The van der Waals surface area contributed by atoms with Gasteiger partial charge in [0.2, 0.25) is 6.33 Å². The lowest BCUT2D eigenvalue weighted by molar-refractivity contribution is -0.670. The van der Waals surface area contributed by atoms with Gasteiger partial charge in [-0.2, -0.15) is 0 Å². The monoisotopic (exact) mass is 188 g/mol. The van der Waals surface area contributed by atoms with Crippen LogP contribution in [0, 0.1) is 0 Å². The number of hydrogen-bond acceptors (Lipinski definition) is 1. The van der Waals surface area contributed by atoms with Crippen LogP contribution in [0.2, 0.25) is 0 Å². The third-order valence-electron chi connectivity index (χ3n) is 2.26. The summed E-state index contributed by atoms with van der Waals surface area (Å²) in [5.41, 5.74) is 7.98. The lowest BCUT2D eigenvalue weighted by Gasteiger charge is -2.01. The molecule has 0 spiro atoms. The molecule has 2 N–H and O–H groups in total.